The maximum absolute atomic E-state index is 6.52. The van der Waals surface area contributed by atoms with Gasteiger partial charge >= 0.3 is 0 Å². The van der Waals surface area contributed by atoms with Crippen LogP contribution >= 0.6 is 11.6 Å². The first kappa shape index (κ1) is 14.9. The molecule has 0 radical (unpaired) electrons. The van der Waals surface area contributed by atoms with Crippen LogP contribution in [0.3, 0.4) is 0 Å². The van der Waals surface area contributed by atoms with Gasteiger partial charge in [0.1, 0.15) is 5.75 Å². The van der Waals surface area contributed by atoms with E-state index in [0.717, 1.165) is 36.5 Å². The molecule has 0 saturated heterocycles. The molecule has 0 saturated carbocycles. The van der Waals surface area contributed by atoms with Crippen molar-refractivity contribution in [2.75, 3.05) is 6.61 Å². The molecule has 2 aromatic rings. The van der Waals surface area contributed by atoms with Gasteiger partial charge in [0.15, 0.2) is 0 Å². The summed E-state index contributed by atoms with van der Waals surface area (Å²) in [6, 6.07) is 12.0. The summed E-state index contributed by atoms with van der Waals surface area (Å²) in [6.07, 6.45) is 3.54. The molecular formula is C17H20ClNO. The lowest BCUT2D eigenvalue weighted by Crippen LogP contribution is -2.01. The third-order valence-electron chi connectivity index (χ3n) is 3.18. The van der Waals surface area contributed by atoms with Gasteiger partial charge in [-0.2, -0.15) is 0 Å². The molecule has 0 aliphatic rings. The molecule has 0 aliphatic carbocycles. The van der Waals surface area contributed by atoms with E-state index in [0.29, 0.717) is 0 Å². The van der Waals surface area contributed by atoms with Crippen molar-refractivity contribution in [3.63, 3.8) is 0 Å². The lowest BCUT2D eigenvalue weighted by atomic mass is 10.0. The van der Waals surface area contributed by atoms with E-state index in [4.69, 9.17) is 16.3 Å². The third kappa shape index (κ3) is 3.97. The van der Waals surface area contributed by atoms with Crippen LogP contribution < -0.4 is 4.74 Å². The quantitative estimate of drug-likeness (QED) is 0.719. The molecule has 3 heteroatoms. The van der Waals surface area contributed by atoms with Gasteiger partial charge in [0.05, 0.1) is 12.0 Å². The highest BCUT2D eigenvalue weighted by Gasteiger charge is 2.12. The minimum absolute atomic E-state index is 0.0891. The van der Waals surface area contributed by atoms with Crippen LogP contribution in [0.15, 0.2) is 42.6 Å². The smallest absolute Gasteiger partial charge is 0.119 e. The van der Waals surface area contributed by atoms with Crippen molar-refractivity contribution in [3.05, 3.63) is 59.4 Å². The lowest BCUT2D eigenvalue weighted by Gasteiger charge is -2.13. The van der Waals surface area contributed by atoms with E-state index in [-0.39, 0.29) is 5.38 Å². The second kappa shape index (κ2) is 7.30. The standard InChI is InChI=1S/C17H20ClNO/c1-3-10-20-15-8-4-7-14(11-15)16(18)12-17-13(2)6-5-9-19-17/h4-9,11,16H,3,10,12H2,1-2H3. The molecule has 0 bridgehead atoms. The molecule has 0 amide bonds. The number of nitrogens with zero attached hydrogens (tertiary/aromatic N) is 1. The molecule has 0 fully saturated rings. The molecule has 0 spiro atoms. The van der Waals surface area contributed by atoms with Crippen molar-refractivity contribution in [2.45, 2.75) is 32.1 Å². The zero-order valence-corrected chi connectivity index (χ0v) is 12.7. The molecule has 106 valence electrons. The number of aromatic nitrogens is 1. The molecule has 2 rings (SSSR count). The SMILES string of the molecule is CCCOc1cccc(C(Cl)Cc2ncccc2C)c1. The maximum atomic E-state index is 6.52. The van der Waals surface area contributed by atoms with Crippen LogP contribution in [-0.4, -0.2) is 11.6 Å². The fourth-order valence-electron chi connectivity index (χ4n) is 2.04. The van der Waals surface area contributed by atoms with Crippen molar-refractivity contribution in [2.24, 2.45) is 0 Å². The lowest BCUT2D eigenvalue weighted by molar-refractivity contribution is 0.317. The minimum atomic E-state index is -0.0891. The summed E-state index contributed by atoms with van der Waals surface area (Å²) in [5.41, 5.74) is 3.30. The minimum Gasteiger partial charge on any atom is -0.494 e. The normalized spacial score (nSPS) is 12.2. The fourth-order valence-corrected chi connectivity index (χ4v) is 2.32. The van der Waals surface area contributed by atoms with Gasteiger partial charge < -0.3 is 4.74 Å². The second-order valence-corrected chi connectivity index (χ2v) is 5.39. The summed E-state index contributed by atoms with van der Waals surface area (Å²) in [5, 5.41) is -0.0891. The van der Waals surface area contributed by atoms with Gasteiger partial charge in [-0.25, -0.2) is 0 Å². The van der Waals surface area contributed by atoms with Gasteiger partial charge in [-0.1, -0.05) is 25.1 Å². The molecule has 1 atom stereocenters. The topological polar surface area (TPSA) is 22.1 Å². The first-order chi connectivity index (χ1) is 9.70. The second-order valence-electron chi connectivity index (χ2n) is 4.86. The third-order valence-corrected chi connectivity index (χ3v) is 3.59. The van der Waals surface area contributed by atoms with Gasteiger partial charge in [-0.15, -0.1) is 11.6 Å². The van der Waals surface area contributed by atoms with Gasteiger partial charge in [-0.3, -0.25) is 4.98 Å². The molecule has 2 nitrogen and oxygen atoms in total. The van der Waals surface area contributed by atoms with Crippen LogP contribution in [0, 0.1) is 6.92 Å². The number of benzene rings is 1. The number of ether oxygens (including phenoxy) is 1. The predicted octanol–water partition coefficient (Wildman–Crippen LogP) is 4.70. The Balaban J connectivity index is 2.09. The molecule has 1 aromatic heterocycles. The Morgan fingerprint density at radius 1 is 1.25 bits per heavy atom. The first-order valence-corrected chi connectivity index (χ1v) is 7.41. The zero-order valence-electron chi connectivity index (χ0n) is 12.0. The predicted molar refractivity (Wildman–Crippen MR) is 83.5 cm³/mol. The van der Waals surface area contributed by atoms with Crippen molar-refractivity contribution in [1.82, 2.24) is 4.98 Å². The number of hydrogen-bond acceptors (Lipinski definition) is 2. The Morgan fingerprint density at radius 2 is 2.10 bits per heavy atom. The number of halogens is 1. The van der Waals surface area contributed by atoms with Crippen LogP contribution in [0.4, 0.5) is 0 Å². The van der Waals surface area contributed by atoms with Crippen LogP contribution in [0.2, 0.25) is 0 Å². The number of pyridine rings is 1. The number of hydrogen-bond donors (Lipinski definition) is 0. The van der Waals surface area contributed by atoms with Crippen LogP contribution in [0.25, 0.3) is 0 Å². The largest absolute Gasteiger partial charge is 0.494 e. The highest BCUT2D eigenvalue weighted by Crippen LogP contribution is 2.28. The first-order valence-electron chi connectivity index (χ1n) is 6.98. The van der Waals surface area contributed by atoms with Crippen molar-refractivity contribution in [3.8, 4) is 5.75 Å². The van der Waals surface area contributed by atoms with E-state index in [1.807, 2.05) is 36.5 Å². The molecule has 1 aromatic carbocycles. The Morgan fingerprint density at radius 3 is 2.85 bits per heavy atom. The average molecular weight is 290 g/mol. The molecule has 1 heterocycles. The van der Waals surface area contributed by atoms with Gasteiger partial charge in [0, 0.05) is 18.3 Å². The van der Waals surface area contributed by atoms with Gasteiger partial charge in [0.25, 0.3) is 0 Å². The Kier molecular flexibility index (Phi) is 5.42. The Bertz CT molecular complexity index is 556. The van der Waals surface area contributed by atoms with Crippen LogP contribution in [0.1, 0.15) is 35.5 Å². The number of alkyl halides is 1. The van der Waals surface area contributed by atoms with Gasteiger partial charge in [0.2, 0.25) is 0 Å². The molecule has 0 N–H and O–H groups in total. The van der Waals surface area contributed by atoms with Crippen molar-refractivity contribution in [1.29, 1.82) is 0 Å². The molecular weight excluding hydrogens is 270 g/mol. The summed E-state index contributed by atoms with van der Waals surface area (Å²) in [4.78, 5) is 4.40. The summed E-state index contributed by atoms with van der Waals surface area (Å²) in [5.74, 6) is 0.882. The molecule has 20 heavy (non-hydrogen) atoms. The van der Waals surface area contributed by atoms with E-state index in [2.05, 4.69) is 24.9 Å². The Labute approximate surface area is 125 Å². The number of rotatable bonds is 6. The van der Waals surface area contributed by atoms with E-state index >= 15 is 0 Å². The summed E-state index contributed by atoms with van der Waals surface area (Å²) < 4.78 is 5.65. The number of aryl methyl sites for hydroxylation is 1. The molecule has 1 unspecified atom stereocenters. The van der Waals surface area contributed by atoms with Crippen LogP contribution in [-0.2, 0) is 6.42 Å². The highest BCUT2D eigenvalue weighted by atomic mass is 35.5. The monoisotopic (exact) mass is 289 g/mol. The van der Waals surface area contributed by atoms with E-state index < -0.39 is 0 Å². The van der Waals surface area contributed by atoms with Crippen molar-refractivity contribution < 1.29 is 4.74 Å². The average Bonchev–Trinajstić information content (AvgIpc) is 2.48. The maximum Gasteiger partial charge on any atom is 0.119 e. The molecule has 0 aliphatic heterocycles. The van der Waals surface area contributed by atoms with Crippen molar-refractivity contribution >= 4 is 11.6 Å². The van der Waals surface area contributed by atoms with E-state index in [1.165, 1.54) is 5.56 Å². The van der Waals surface area contributed by atoms with Gasteiger partial charge in [-0.05, 0) is 42.7 Å². The summed E-state index contributed by atoms with van der Waals surface area (Å²) in [6.45, 7) is 4.89. The zero-order chi connectivity index (χ0) is 14.4. The highest BCUT2D eigenvalue weighted by molar-refractivity contribution is 6.20. The fraction of sp³-hybridized carbons (Fsp3) is 0.353. The Hall–Kier alpha value is -1.54. The van der Waals surface area contributed by atoms with E-state index in [9.17, 15) is 0 Å². The van der Waals surface area contributed by atoms with E-state index in [1.54, 1.807) is 0 Å². The summed E-state index contributed by atoms with van der Waals surface area (Å²) >= 11 is 6.52. The van der Waals surface area contributed by atoms with Crippen LogP contribution in [0.5, 0.6) is 5.75 Å². The summed E-state index contributed by atoms with van der Waals surface area (Å²) in [7, 11) is 0.